The number of hydrogen-bond donors (Lipinski definition) is 2. The van der Waals surface area contributed by atoms with Crippen molar-refractivity contribution in [2.45, 2.75) is 44.3 Å². The van der Waals surface area contributed by atoms with Gasteiger partial charge in [-0.3, -0.25) is 16.3 Å². The Morgan fingerprint density at radius 1 is 1.37 bits per heavy atom. The Morgan fingerprint density at radius 2 is 2.05 bits per heavy atom. The van der Waals surface area contributed by atoms with E-state index < -0.39 is 12.1 Å². The zero-order valence-electron chi connectivity index (χ0n) is 10.5. The molecule has 3 N–H and O–H groups in total. The van der Waals surface area contributed by atoms with Crippen molar-refractivity contribution in [3.8, 4) is 0 Å². The van der Waals surface area contributed by atoms with Crippen LogP contribution in [0.25, 0.3) is 0 Å². The van der Waals surface area contributed by atoms with Gasteiger partial charge in [0, 0.05) is 23.5 Å². The third-order valence-corrected chi connectivity index (χ3v) is 4.72. The third kappa shape index (κ3) is 3.90. The number of nitrogens with zero attached hydrogens (tertiary/aromatic N) is 1. The van der Waals surface area contributed by atoms with E-state index in [4.69, 9.17) is 5.84 Å². The van der Waals surface area contributed by atoms with Gasteiger partial charge in [0.1, 0.15) is 0 Å². The molecule has 3 nitrogen and oxygen atoms in total. The van der Waals surface area contributed by atoms with Gasteiger partial charge in [-0.1, -0.05) is 0 Å². The largest absolute Gasteiger partial charge is 0.391 e. The lowest BCUT2D eigenvalue weighted by Crippen LogP contribution is -2.44. The van der Waals surface area contributed by atoms with Gasteiger partial charge < -0.3 is 0 Å². The molecule has 0 radical (unpaired) electrons. The van der Waals surface area contributed by atoms with Gasteiger partial charge in [0.25, 0.3) is 0 Å². The maximum Gasteiger partial charge on any atom is 0.391 e. The van der Waals surface area contributed by atoms with E-state index >= 15 is 0 Å². The average Bonchev–Trinajstić information content (AvgIpc) is 2.88. The zero-order valence-corrected chi connectivity index (χ0v) is 11.3. The van der Waals surface area contributed by atoms with Crippen molar-refractivity contribution in [3.05, 3.63) is 16.6 Å². The van der Waals surface area contributed by atoms with Crippen LogP contribution in [0.4, 0.5) is 13.2 Å². The SMILES string of the molecule is NNC(Cc1cncs1)C1CCC(C(F)(F)F)CC1. The maximum absolute atomic E-state index is 12.6. The Morgan fingerprint density at radius 3 is 2.53 bits per heavy atom. The second-order valence-corrected chi connectivity index (χ2v) is 6.07. The van der Waals surface area contributed by atoms with Gasteiger partial charge in [-0.2, -0.15) is 13.2 Å². The van der Waals surface area contributed by atoms with Crippen molar-refractivity contribution < 1.29 is 13.2 Å². The molecule has 108 valence electrons. The minimum Gasteiger partial charge on any atom is -0.271 e. The van der Waals surface area contributed by atoms with Gasteiger partial charge in [-0.15, -0.1) is 11.3 Å². The van der Waals surface area contributed by atoms with Crippen LogP contribution in [-0.2, 0) is 6.42 Å². The summed E-state index contributed by atoms with van der Waals surface area (Å²) in [5.41, 5.74) is 4.51. The Hall–Kier alpha value is -0.660. The molecule has 0 spiro atoms. The minimum absolute atomic E-state index is 0.0367. The Bertz CT molecular complexity index is 372. The first-order valence-corrected chi connectivity index (χ1v) is 7.29. The molecule has 0 aliphatic heterocycles. The van der Waals surface area contributed by atoms with Crippen LogP contribution in [-0.4, -0.2) is 17.2 Å². The summed E-state index contributed by atoms with van der Waals surface area (Å²) >= 11 is 1.55. The molecule has 1 aliphatic carbocycles. The lowest BCUT2D eigenvalue weighted by molar-refractivity contribution is -0.184. The second-order valence-electron chi connectivity index (χ2n) is 5.10. The maximum atomic E-state index is 12.6. The summed E-state index contributed by atoms with van der Waals surface area (Å²) in [6, 6.07) is 0.0367. The minimum atomic E-state index is -4.05. The average molecular weight is 293 g/mol. The third-order valence-electron chi connectivity index (χ3n) is 3.92. The van der Waals surface area contributed by atoms with Crippen LogP contribution in [0.5, 0.6) is 0 Å². The van der Waals surface area contributed by atoms with Gasteiger partial charge in [-0.25, -0.2) is 0 Å². The molecule has 1 aromatic heterocycles. The fourth-order valence-corrected chi connectivity index (χ4v) is 3.42. The molecule has 1 aliphatic rings. The van der Waals surface area contributed by atoms with Crippen LogP contribution in [0, 0.1) is 11.8 Å². The van der Waals surface area contributed by atoms with E-state index in [9.17, 15) is 13.2 Å². The van der Waals surface area contributed by atoms with Gasteiger partial charge in [0.15, 0.2) is 0 Å². The van der Waals surface area contributed by atoms with Gasteiger partial charge >= 0.3 is 6.18 Å². The first-order valence-electron chi connectivity index (χ1n) is 6.41. The lowest BCUT2D eigenvalue weighted by atomic mass is 9.77. The molecule has 1 heterocycles. The van der Waals surface area contributed by atoms with Crippen LogP contribution >= 0.6 is 11.3 Å². The monoisotopic (exact) mass is 293 g/mol. The quantitative estimate of drug-likeness (QED) is 0.663. The lowest BCUT2D eigenvalue weighted by Gasteiger charge is -2.34. The Kier molecular flexibility index (Phi) is 4.81. The highest BCUT2D eigenvalue weighted by atomic mass is 32.1. The summed E-state index contributed by atoms with van der Waals surface area (Å²) in [6.45, 7) is 0. The fourth-order valence-electron chi connectivity index (χ4n) is 2.77. The first-order chi connectivity index (χ1) is 9.00. The van der Waals surface area contributed by atoms with Crippen LogP contribution in [0.1, 0.15) is 30.6 Å². The predicted molar refractivity (Wildman–Crippen MR) is 68.4 cm³/mol. The van der Waals surface area contributed by atoms with Crippen molar-refractivity contribution >= 4 is 11.3 Å². The number of halogens is 3. The molecule has 1 saturated carbocycles. The van der Waals surface area contributed by atoms with Gasteiger partial charge in [-0.05, 0) is 31.6 Å². The number of aromatic nitrogens is 1. The van der Waals surface area contributed by atoms with Crippen molar-refractivity contribution in [2.24, 2.45) is 17.7 Å². The van der Waals surface area contributed by atoms with E-state index in [-0.39, 0.29) is 24.8 Å². The van der Waals surface area contributed by atoms with Crippen LogP contribution in [0.3, 0.4) is 0 Å². The summed E-state index contributed by atoms with van der Waals surface area (Å²) < 4.78 is 37.8. The number of rotatable bonds is 4. The van der Waals surface area contributed by atoms with Crippen LogP contribution in [0.2, 0.25) is 0 Å². The van der Waals surface area contributed by atoms with E-state index in [1.54, 1.807) is 23.0 Å². The van der Waals surface area contributed by atoms with E-state index in [0.717, 1.165) is 11.3 Å². The smallest absolute Gasteiger partial charge is 0.271 e. The molecule has 0 saturated heterocycles. The Labute approximate surface area is 114 Å². The number of alkyl halides is 3. The van der Waals surface area contributed by atoms with E-state index in [2.05, 4.69) is 10.4 Å². The van der Waals surface area contributed by atoms with Crippen LogP contribution < -0.4 is 11.3 Å². The number of hydrazine groups is 1. The fraction of sp³-hybridized carbons (Fsp3) is 0.750. The molecule has 7 heteroatoms. The summed E-state index contributed by atoms with van der Waals surface area (Å²) in [5, 5.41) is 0. The number of nitrogens with two attached hydrogens (primary N) is 1. The predicted octanol–water partition coefficient (Wildman–Crippen LogP) is 2.89. The molecule has 19 heavy (non-hydrogen) atoms. The molecular formula is C12H18F3N3S. The molecule has 0 aromatic carbocycles. The number of thiazole rings is 1. The first kappa shape index (κ1) is 14.7. The second kappa shape index (κ2) is 6.19. The zero-order chi connectivity index (χ0) is 13.9. The highest BCUT2D eigenvalue weighted by molar-refractivity contribution is 7.09. The van der Waals surface area contributed by atoms with Crippen molar-refractivity contribution in [2.75, 3.05) is 0 Å². The normalized spacial score (nSPS) is 26.3. The summed E-state index contributed by atoms with van der Waals surface area (Å²) in [7, 11) is 0. The van der Waals surface area contributed by atoms with E-state index in [1.807, 2.05) is 0 Å². The molecule has 0 amide bonds. The summed E-state index contributed by atoms with van der Waals surface area (Å²) in [5.74, 6) is 4.63. The number of hydrogen-bond acceptors (Lipinski definition) is 4. The van der Waals surface area contributed by atoms with Gasteiger partial charge in [0.2, 0.25) is 0 Å². The highest BCUT2D eigenvalue weighted by Crippen LogP contribution is 2.40. The molecule has 2 rings (SSSR count). The van der Waals surface area contributed by atoms with Crippen molar-refractivity contribution in [1.82, 2.24) is 10.4 Å². The standard InChI is InChI=1S/C12H18F3N3S/c13-12(14,15)9-3-1-8(2-4-9)11(18-16)5-10-6-17-7-19-10/h6-9,11,18H,1-5,16H2. The van der Waals surface area contributed by atoms with Gasteiger partial charge in [0.05, 0.1) is 11.4 Å². The molecule has 0 bridgehead atoms. The topological polar surface area (TPSA) is 50.9 Å². The van der Waals surface area contributed by atoms with E-state index in [1.165, 1.54) is 0 Å². The van der Waals surface area contributed by atoms with E-state index in [0.29, 0.717) is 12.8 Å². The molecule has 1 fully saturated rings. The van der Waals surface area contributed by atoms with Crippen molar-refractivity contribution in [3.63, 3.8) is 0 Å². The highest BCUT2D eigenvalue weighted by Gasteiger charge is 2.42. The summed E-state index contributed by atoms with van der Waals surface area (Å²) in [4.78, 5) is 5.11. The molecular weight excluding hydrogens is 275 g/mol. The van der Waals surface area contributed by atoms with Crippen molar-refractivity contribution in [1.29, 1.82) is 0 Å². The number of nitrogens with one attached hydrogen (secondary N) is 1. The molecule has 1 atom stereocenters. The molecule has 1 unspecified atom stereocenters. The molecule has 1 aromatic rings. The summed E-state index contributed by atoms with van der Waals surface area (Å²) in [6.07, 6.45) is 0.0763. The Balaban J connectivity index is 1.88. The van der Waals surface area contributed by atoms with Crippen LogP contribution in [0.15, 0.2) is 11.7 Å².